The molecule has 116 valence electrons. The highest BCUT2D eigenvalue weighted by Gasteiger charge is 2.27. The number of hydrogen-bond acceptors (Lipinski definition) is 3. The second-order valence-corrected chi connectivity index (χ2v) is 7.25. The molecular formula is C15H22N2O3S. The van der Waals surface area contributed by atoms with E-state index in [4.69, 9.17) is 0 Å². The zero-order chi connectivity index (χ0) is 15.5. The number of nitrogens with one attached hydrogen (secondary N) is 1. The minimum Gasteiger partial charge on any atom is -0.326 e. The van der Waals surface area contributed by atoms with E-state index in [-0.39, 0.29) is 11.7 Å². The van der Waals surface area contributed by atoms with Gasteiger partial charge in [-0.1, -0.05) is 19.9 Å². The standard InChI is InChI=1S/C15H22N2O3S/c1-3-10-21(19,20)17-9-5-6-12-7-8-13(11-14(12)17)16-15(18)4-2/h7-8,11H,3-6,9-10H2,1-2H3,(H,16,18). The molecule has 0 aliphatic carbocycles. The van der Waals surface area contributed by atoms with E-state index in [0.717, 1.165) is 18.4 Å². The Kier molecular flexibility index (Phi) is 4.88. The Balaban J connectivity index is 2.36. The second-order valence-electron chi connectivity index (χ2n) is 5.24. The molecule has 0 saturated heterocycles. The molecule has 0 radical (unpaired) electrons. The van der Waals surface area contributed by atoms with E-state index in [9.17, 15) is 13.2 Å². The van der Waals surface area contributed by atoms with Crippen molar-refractivity contribution in [3.05, 3.63) is 23.8 Å². The van der Waals surface area contributed by atoms with Crippen molar-refractivity contribution in [2.24, 2.45) is 0 Å². The van der Waals surface area contributed by atoms with Gasteiger partial charge in [-0.2, -0.15) is 0 Å². The lowest BCUT2D eigenvalue weighted by Crippen LogP contribution is -2.37. The number of nitrogens with zero attached hydrogens (tertiary/aromatic N) is 1. The van der Waals surface area contributed by atoms with Gasteiger partial charge in [0.05, 0.1) is 11.4 Å². The van der Waals surface area contributed by atoms with Crippen molar-refractivity contribution in [2.75, 3.05) is 21.9 Å². The maximum absolute atomic E-state index is 12.4. The lowest BCUT2D eigenvalue weighted by atomic mass is 10.0. The summed E-state index contributed by atoms with van der Waals surface area (Å²) < 4.78 is 26.3. The fourth-order valence-corrected chi connectivity index (χ4v) is 4.14. The Morgan fingerprint density at radius 3 is 2.76 bits per heavy atom. The summed E-state index contributed by atoms with van der Waals surface area (Å²) in [5.41, 5.74) is 2.39. The average molecular weight is 310 g/mol. The van der Waals surface area contributed by atoms with Crippen molar-refractivity contribution in [1.82, 2.24) is 0 Å². The number of fused-ring (bicyclic) bond motifs is 1. The lowest BCUT2D eigenvalue weighted by molar-refractivity contribution is -0.115. The first-order chi connectivity index (χ1) is 9.97. The Labute approximate surface area is 126 Å². The van der Waals surface area contributed by atoms with Crippen molar-refractivity contribution < 1.29 is 13.2 Å². The summed E-state index contributed by atoms with van der Waals surface area (Å²) in [6.07, 6.45) is 2.70. The summed E-state index contributed by atoms with van der Waals surface area (Å²) >= 11 is 0. The topological polar surface area (TPSA) is 66.5 Å². The van der Waals surface area contributed by atoms with Crippen LogP contribution >= 0.6 is 0 Å². The maximum atomic E-state index is 12.4. The number of aryl methyl sites for hydroxylation is 1. The van der Waals surface area contributed by atoms with Crippen LogP contribution in [0.4, 0.5) is 11.4 Å². The van der Waals surface area contributed by atoms with E-state index in [1.807, 2.05) is 19.1 Å². The first-order valence-electron chi connectivity index (χ1n) is 7.41. The van der Waals surface area contributed by atoms with Crippen LogP contribution in [0.3, 0.4) is 0 Å². The molecule has 1 N–H and O–H groups in total. The van der Waals surface area contributed by atoms with Gasteiger partial charge in [0.2, 0.25) is 15.9 Å². The summed E-state index contributed by atoms with van der Waals surface area (Å²) in [6, 6.07) is 5.52. The minimum absolute atomic E-state index is 0.0753. The first-order valence-corrected chi connectivity index (χ1v) is 9.02. The fraction of sp³-hybridized carbons (Fsp3) is 0.533. The summed E-state index contributed by atoms with van der Waals surface area (Å²) in [7, 11) is -3.28. The molecule has 1 heterocycles. The molecule has 1 aromatic rings. The van der Waals surface area contributed by atoms with Crippen LogP contribution in [0.5, 0.6) is 0 Å². The van der Waals surface area contributed by atoms with Gasteiger partial charge in [-0.25, -0.2) is 8.42 Å². The summed E-state index contributed by atoms with van der Waals surface area (Å²) in [4.78, 5) is 11.5. The van der Waals surface area contributed by atoms with Crippen molar-refractivity contribution >= 4 is 27.3 Å². The van der Waals surface area contributed by atoms with E-state index in [0.29, 0.717) is 30.8 Å². The van der Waals surface area contributed by atoms with Gasteiger partial charge < -0.3 is 5.32 Å². The third-order valence-corrected chi connectivity index (χ3v) is 5.54. The molecule has 21 heavy (non-hydrogen) atoms. The summed E-state index contributed by atoms with van der Waals surface area (Å²) in [6.45, 7) is 4.16. The largest absolute Gasteiger partial charge is 0.326 e. The number of amides is 1. The molecule has 1 aromatic carbocycles. The average Bonchev–Trinajstić information content (AvgIpc) is 2.46. The summed E-state index contributed by atoms with van der Waals surface area (Å²) in [5.74, 6) is 0.0755. The van der Waals surface area contributed by atoms with Crippen molar-refractivity contribution in [1.29, 1.82) is 0 Å². The monoisotopic (exact) mass is 310 g/mol. The van der Waals surface area contributed by atoms with Crippen molar-refractivity contribution in [3.63, 3.8) is 0 Å². The fourth-order valence-electron chi connectivity index (χ4n) is 2.53. The smallest absolute Gasteiger partial charge is 0.235 e. The third kappa shape index (κ3) is 3.56. The molecular weight excluding hydrogens is 288 g/mol. The third-order valence-electron chi connectivity index (χ3n) is 3.56. The molecule has 0 spiro atoms. The van der Waals surface area contributed by atoms with Crippen LogP contribution in [-0.4, -0.2) is 26.6 Å². The SMILES string of the molecule is CCCS(=O)(=O)N1CCCc2ccc(NC(=O)CC)cc21. The number of rotatable bonds is 5. The van der Waals surface area contributed by atoms with Crippen molar-refractivity contribution in [2.45, 2.75) is 39.5 Å². The Morgan fingerprint density at radius 1 is 1.33 bits per heavy atom. The molecule has 0 atom stereocenters. The van der Waals surface area contributed by atoms with Crippen LogP contribution < -0.4 is 9.62 Å². The second kappa shape index (κ2) is 6.47. The van der Waals surface area contributed by atoms with Gasteiger partial charge in [0.1, 0.15) is 0 Å². The van der Waals surface area contributed by atoms with Crippen molar-refractivity contribution in [3.8, 4) is 0 Å². The van der Waals surface area contributed by atoms with Gasteiger partial charge >= 0.3 is 0 Å². The molecule has 0 fully saturated rings. The van der Waals surface area contributed by atoms with Crippen LogP contribution in [0.1, 0.15) is 38.7 Å². The highest BCUT2D eigenvalue weighted by Crippen LogP contribution is 2.32. The molecule has 0 aromatic heterocycles. The summed E-state index contributed by atoms with van der Waals surface area (Å²) in [5, 5.41) is 2.79. The van der Waals surface area contributed by atoms with Gasteiger partial charge in [0.15, 0.2) is 0 Å². The number of carbonyl (C=O) groups excluding carboxylic acids is 1. The van der Waals surface area contributed by atoms with E-state index in [1.165, 1.54) is 4.31 Å². The predicted molar refractivity (Wildman–Crippen MR) is 85.1 cm³/mol. The maximum Gasteiger partial charge on any atom is 0.235 e. The Hall–Kier alpha value is -1.56. The Bertz CT molecular complexity index is 626. The molecule has 2 rings (SSSR count). The van der Waals surface area contributed by atoms with Crippen LogP contribution in [0.15, 0.2) is 18.2 Å². The normalized spacial score (nSPS) is 14.7. The van der Waals surface area contributed by atoms with E-state index >= 15 is 0 Å². The van der Waals surface area contributed by atoms with Gasteiger partial charge in [0, 0.05) is 18.7 Å². The quantitative estimate of drug-likeness (QED) is 0.909. The predicted octanol–water partition coefficient (Wildman–Crippen LogP) is 2.53. The zero-order valence-corrected chi connectivity index (χ0v) is 13.4. The molecule has 6 heteroatoms. The lowest BCUT2D eigenvalue weighted by Gasteiger charge is -2.31. The van der Waals surface area contributed by atoms with Gasteiger partial charge in [0.25, 0.3) is 0 Å². The molecule has 1 aliphatic heterocycles. The molecule has 5 nitrogen and oxygen atoms in total. The molecule has 0 bridgehead atoms. The minimum atomic E-state index is -3.28. The number of carbonyl (C=O) groups is 1. The highest BCUT2D eigenvalue weighted by atomic mass is 32.2. The molecule has 0 unspecified atom stereocenters. The van der Waals surface area contributed by atoms with Gasteiger partial charge in [-0.15, -0.1) is 0 Å². The van der Waals surface area contributed by atoms with Crippen LogP contribution in [0.25, 0.3) is 0 Å². The molecule has 1 aliphatic rings. The number of anilines is 2. The zero-order valence-electron chi connectivity index (χ0n) is 12.6. The number of sulfonamides is 1. The van der Waals surface area contributed by atoms with Crippen LogP contribution in [0.2, 0.25) is 0 Å². The van der Waals surface area contributed by atoms with Gasteiger partial charge in [-0.3, -0.25) is 9.10 Å². The Morgan fingerprint density at radius 2 is 2.10 bits per heavy atom. The van der Waals surface area contributed by atoms with Crippen LogP contribution in [0, 0.1) is 0 Å². The first kappa shape index (κ1) is 15.8. The molecule has 1 amide bonds. The number of hydrogen-bond donors (Lipinski definition) is 1. The van der Waals surface area contributed by atoms with E-state index < -0.39 is 10.0 Å². The van der Waals surface area contributed by atoms with E-state index in [2.05, 4.69) is 5.32 Å². The number of benzene rings is 1. The van der Waals surface area contributed by atoms with Crippen LogP contribution in [-0.2, 0) is 21.2 Å². The van der Waals surface area contributed by atoms with Gasteiger partial charge in [-0.05, 0) is 37.0 Å². The highest BCUT2D eigenvalue weighted by molar-refractivity contribution is 7.92. The van der Waals surface area contributed by atoms with E-state index in [1.54, 1.807) is 13.0 Å². The molecule has 0 saturated carbocycles.